The number of aromatic hydroxyl groups is 1. The summed E-state index contributed by atoms with van der Waals surface area (Å²) < 4.78 is 5.14. The molecule has 0 saturated carbocycles. The normalized spacial score (nSPS) is 11.2. The average Bonchev–Trinajstić information content (AvgIpc) is 2.47. The monoisotopic (exact) mass is 212 g/mol. The number of aromatic amines is 1. The van der Waals surface area contributed by atoms with Crippen LogP contribution in [0, 0.1) is 0 Å². The molecule has 0 unspecified atom stereocenters. The van der Waals surface area contributed by atoms with Crippen molar-refractivity contribution >= 4 is 11.8 Å². The number of H-pyrrole nitrogens is 1. The Morgan fingerprint density at radius 3 is 2.47 bits per heavy atom. The lowest BCUT2D eigenvalue weighted by Gasteiger charge is -2.24. The Hall–Kier alpha value is -1.65. The molecule has 2 N–H and O–H groups in total. The van der Waals surface area contributed by atoms with Gasteiger partial charge in [0, 0.05) is 19.4 Å². The number of nitrogens with one attached hydrogen (secondary N) is 1. The van der Waals surface area contributed by atoms with Gasteiger partial charge >= 0.3 is 6.09 Å². The number of rotatable bonds is 1. The number of amides is 1. The Morgan fingerprint density at radius 2 is 2.07 bits per heavy atom. The summed E-state index contributed by atoms with van der Waals surface area (Å²) in [6.45, 7) is 5.36. The number of ether oxygens (including phenoxy) is 1. The molecule has 5 heteroatoms. The molecule has 0 aliphatic carbocycles. The van der Waals surface area contributed by atoms with Crippen molar-refractivity contribution in [3.8, 4) is 5.75 Å². The molecular formula is C10H16N2O3. The van der Waals surface area contributed by atoms with Crippen molar-refractivity contribution in [2.45, 2.75) is 26.4 Å². The molecule has 0 spiro atoms. The van der Waals surface area contributed by atoms with E-state index in [-0.39, 0.29) is 5.75 Å². The van der Waals surface area contributed by atoms with E-state index in [1.165, 1.54) is 24.3 Å². The summed E-state index contributed by atoms with van der Waals surface area (Å²) in [6, 6.07) is 0. The third-order valence-electron chi connectivity index (χ3n) is 1.73. The molecule has 0 radical (unpaired) electrons. The van der Waals surface area contributed by atoms with E-state index in [0.29, 0.717) is 5.69 Å². The lowest BCUT2D eigenvalue weighted by Crippen LogP contribution is -2.33. The first-order valence-corrected chi connectivity index (χ1v) is 4.64. The molecule has 0 bridgehead atoms. The van der Waals surface area contributed by atoms with E-state index in [1.807, 2.05) is 0 Å². The van der Waals surface area contributed by atoms with Gasteiger partial charge in [0.2, 0.25) is 0 Å². The molecule has 5 nitrogen and oxygen atoms in total. The van der Waals surface area contributed by atoms with Crippen molar-refractivity contribution in [1.29, 1.82) is 0 Å². The molecule has 0 aliphatic heterocycles. The van der Waals surface area contributed by atoms with Gasteiger partial charge in [0.05, 0.1) is 0 Å². The number of nitrogens with zero attached hydrogens (tertiary/aromatic N) is 1. The number of anilines is 1. The van der Waals surface area contributed by atoms with Crippen LogP contribution in [0.3, 0.4) is 0 Å². The zero-order chi connectivity index (χ0) is 11.6. The van der Waals surface area contributed by atoms with Gasteiger partial charge in [0.1, 0.15) is 11.3 Å². The Bertz CT molecular complexity index is 352. The van der Waals surface area contributed by atoms with Crippen molar-refractivity contribution in [1.82, 2.24) is 4.98 Å². The number of hydrogen-bond acceptors (Lipinski definition) is 3. The fraction of sp³-hybridized carbons (Fsp3) is 0.500. The summed E-state index contributed by atoms with van der Waals surface area (Å²) in [5, 5.41) is 9.39. The zero-order valence-electron chi connectivity index (χ0n) is 9.37. The third kappa shape index (κ3) is 2.90. The molecule has 0 saturated heterocycles. The molecule has 0 aliphatic rings. The van der Waals surface area contributed by atoms with Crippen LogP contribution in [0.2, 0.25) is 0 Å². The predicted molar refractivity (Wildman–Crippen MR) is 57.1 cm³/mol. The molecule has 0 aromatic carbocycles. The molecule has 15 heavy (non-hydrogen) atoms. The van der Waals surface area contributed by atoms with E-state index in [4.69, 9.17) is 4.74 Å². The highest BCUT2D eigenvalue weighted by Crippen LogP contribution is 2.26. The SMILES string of the molecule is CN(C(=O)OC(C)(C)C)c1c[nH]cc1O. The quantitative estimate of drug-likeness (QED) is 0.749. The van der Waals surface area contributed by atoms with Crippen LogP contribution in [-0.2, 0) is 4.74 Å². The molecule has 1 heterocycles. The molecular weight excluding hydrogens is 196 g/mol. The standard InChI is InChI=1S/C10H16N2O3/c1-10(2,3)15-9(14)12(4)7-5-11-6-8(7)13/h5-6,11,13H,1-4H3. The van der Waals surface area contributed by atoms with Gasteiger partial charge in [-0.2, -0.15) is 0 Å². The van der Waals surface area contributed by atoms with E-state index in [1.54, 1.807) is 20.8 Å². The number of carbonyl (C=O) groups is 1. The van der Waals surface area contributed by atoms with Gasteiger partial charge in [0.25, 0.3) is 0 Å². The third-order valence-corrected chi connectivity index (χ3v) is 1.73. The highest BCUT2D eigenvalue weighted by atomic mass is 16.6. The van der Waals surface area contributed by atoms with Crippen molar-refractivity contribution in [3.63, 3.8) is 0 Å². The van der Waals surface area contributed by atoms with Crippen LogP contribution in [-0.4, -0.2) is 28.8 Å². The van der Waals surface area contributed by atoms with Crippen LogP contribution in [0.1, 0.15) is 20.8 Å². The van der Waals surface area contributed by atoms with Gasteiger partial charge in [-0.25, -0.2) is 4.79 Å². The van der Waals surface area contributed by atoms with Crippen LogP contribution >= 0.6 is 0 Å². The first-order chi connectivity index (χ1) is 6.81. The Balaban J connectivity index is 2.74. The molecule has 1 amide bonds. The van der Waals surface area contributed by atoms with E-state index in [2.05, 4.69) is 4.98 Å². The highest BCUT2D eigenvalue weighted by Gasteiger charge is 2.22. The largest absolute Gasteiger partial charge is 0.504 e. The van der Waals surface area contributed by atoms with Gasteiger partial charge in [0.15, 0.2) is 5.75 Å². The van der Waals surface area contributed by atoms with Crippen LogP contribution in [0.5, 0.6) is 5.75 Å². The molecule has 0 atom stereocenters. The van der Waals surface area contributed by atoms with E-state index in [9.17, 15) is 9.90 Å². The van der Waals surface area contributed by atoms with Crippen LogP contribution in [0.4, 0.5) is 10.5 Å². The Labute approximate surface area is 88.7 Å². The Kier molecular flexibility index (Phi) is 2.93. The summed E-state index contributed by atoms with van der Waals surface area (Å²) >= 11 is 0. The van der Waals surface area contributed by atoms with Gasteiger partial charge in [-0.1, -0.05) is 0 Å². The second kappa shape index (κ2) is 3.84. The van der Waals surface area contributed by atoms with Crippen molar-refractivity contribution in [2.75, 3.05) is 11.9 Å². The average molecular weight is 212 g/mol. The second-order valence-corrected chi connectivity index (χ2v) is 4.27. The van der Waals surface area contributed by atoms with E-state index >= 15 is 0 Å². The van der Waals surface area contributed by atoms with E-state index in [0.717, 1.165) is 0 Å². The first kappa shape index (κ1) is 11.4. The minimum Gasteiger partial charge on any atom is -0.504 e. The van der Waals surface area contributed by atoms with E-state index < -0.39 is 11.7 Å². The molecule has 0 fully saturated rings. The lowest BCUT2D eigenvalue weighted by atomic mass is 10.2. The Morgan fingerprint density at radius 1 is 1.47 bits per heavy atom. The van der Waals surface area contributed by atoms with Crippen LogP contribution in [0.25, 0.3) is 0 Å². The number of aromatic nitrogens is 1. The maximum absolute atomic E-state index is 11.6. The molecule has 1 aromatic rings. The number of carbonyl (C=O) groups excluding carboxylic acids is 1. The van der Waals surface area contributed by atoms with Gasteiger partial charge < -0.3 is 14.8 Å². The summed E-state index contributed by atoms with van der Waals surface area (Å²) in [5.74, 6) is 0.0170. The summed E-state index contributed by atoms with van der Waals surface area (Å²) in [7, 11) is 1.54. The maximum Gasteiger partial charge on any atom is 0.414 e. The van der Waals surface area contributed by atoms with Gasteiger partial charge in [-0.05, 0) is 20.8 Å². The summed E-state index contributed by atoms with van der Waals surface area (Å²) in [4.78, 5) is 15.5. The van der Waals surface area contributed by atoms with Gasteiger partial charge in [-0.15, -0.1) is 0 Å². The summed E-state index contributed by atoms with van der Waals surface area (Å²) in [6.07, 6.45) is 2.42. The van der Waals surface area contributed by atoms with Crippen molar-refractivity contribution in [3.05, 3.63) is 12.4 Å². The minimum atomic E-state index is -0.544. The molecule has 84 valence electrons. The number of hydrogen-bond donors (Lipinski definition) is 2. The highest BCUT2D eigenvalue weighted by molar-refractivity contribution is 5.88. The zero-order valence-corrected chi connectivity index (χ0v) is 9.37. The van der Waals surface area contributed by atoms with Crippen LogP contribution in [0.15, 0.2) is 12.4 Å². The maximum atomic E-state index is 11.6. The molecule has 1 aromatic heterocycles. The predicted octanol–water partition coefficient (Wildman–Crippen LogP) is 2.09. The van der Waals surface area contributed by atoms with Crippen LogP contribution < -0.4 is 4.90 Å². The fourth-order valence-corrected chi connectivity index (χ4v) is 1.04. The fourth-order valence-electron chi connectivity index (χ4n) is 1.04. The minimum absolute atomic E-state index is 0.0170. The topological polar surface area (TPSA) is 65.6 Å². The first-order valence-electron chi connectivity index (χ1n) is 4.64. The van der Waals surface area contributed by atoms with Crippen molar-refractivity contribution < 1.29 is 14.6 Å². The lowest BCUT2D eigenvalue weighted by molar-refractivity contribution is 0.0588. The van der Waals surface area contributed by atoms with Crippen molar-refractivity contribution in [2.24, 2.45) is 0 Å². The summed E-state index contributed by atoms with van der Waals surface area (Å²) in [5.41, 5.74) is -0.152. The van der Waals surface area contributed by atoms with Gasteiger partial charge in [-0.3, -0.25) is 4.90 Å². The molecule has 1 rings (SSSR count). The second-order valence-electron chi connectivity index (χ2n) is 4.27. The smallest absolute Gasteiger partial charge is 0.414 e.